The summed E-state index contributed by atoms with van der Waals surface area (Å²) in [6.07, 6.45) is 6.43. The quantitative estimate of drug-likeness (QED) is 0.787. The number of carbonyl (C=O) groups excluding carboxylic acids is 2. The van der Waals surface area contributed by atoms with Crippen LogP contribution in [0.25, 0.3) is 0 Å². The number of pyridine rings is 1. The van der Waals surface area contributed by atoms with Gasteiger partial charge in [-0.2, -0.15) is 0 Å². The van der Waals surface area contributed by atoms with E-state index in [9.17, 15) is 9.59 Å². The lowest BCUT2D eigenvalue weighted by Crippen LogP contribution is -2.44. The van der Waals surface area contributed by atoms with E-state index in [-0.39, 0.29) is 23.8 Å². The number of hydrogen-bond acceptors (Lipinski definition) is 4. The summed E-state index contributed by atoms with van der Waals surface area (Å²) in [6, 6.07) is 4.31. The van der Waals surface area contributed by atoms with Gasteiger partial charge in [-0.25, -0.2) is 0 Å². The van der Waals surface area contributed by atoms with Gasteiger partial charge in [0.1, 0.15) is 0 Å². The zero-order valence-electron chi connectivity index (χ0n) is 13.7. The van der Waals surface area contributed by atoms with E-state index < -0.39 is 0 Å². The van der Waals surface area contributed by atoms with Crippen LogP contribution < -0.4 is 11.1 Å². The maximum atomic E-state index is 11.9. The third-order valence-electron chi connectivity index (χ3n) is 4.40. The predicted molar refractivity (Wildman–Crippen MR) is 88.3 cm³/mol. The van der Waals surface area contributed by atoms with Gasteiger partial charge >= 0.3 is 0 Å². The Morgan fingerprint density at radius 3 is 2.61 bits per heavy atom. The van der Waals surface area contributed by atoms with Gasteiger partial charge in [0.2, 0.25) is 11.8 Å². The first-order valence-corrected chi connectivity index (χ1v) is 8.24. The Bertz CT molecular complexity index is 513. The van der Waals surface area contributed by atoms with Crippen LogP contribution in [0.15, 0.2) is 24.5 Å². The molecule has 0 spiro atoms. The number of piperidine rings is 1. The molecule has 6 nitrogen and oxygen atoms in total. The summed E-state index contributed by atoms with van der Waals surface area (Å²) in [7, 11) is 0. The third-order valence-corrected chi connectivity index (χ3v) is 4.40. The summed E-state index contributed by atoms with van der Waals surface area (Å²) in [6.45, 7) is 4.64. The second-order valence-electron chi connectivity index (χ2n) is 6.32. The van der Waals surface area contributed by atoms with E-state index >= 15 is 0 Å². The number of aromatic nitrogens is 1. The van der Waals surface area contributed by atoms with Gasteiger partial charge < -0.3 is 11.1 Å². The van der Waals surface area contributed by atoms with Crippen molar-refractivity contribution in [2.45, 2.75) is 45.2 Å². The van der Waals surface area contributed by atoms with Crippen molar-refractivity contribution in [3.63, 3.8) is 0 Å². The van der Waals surface area contributed by atoms with Crippen LogP contribution in [0.4, 0.5) is 0 Å². The van der Waals surface area contributed by atoms with Gasteiger partial charge in [0.25, 0.3) is 0 Å². The minimum absolute atomic E-state index is 0.0192. The fourth-order valence-electron chi connectivity index (χ4n) is 2.77. The van der Waals surface area contributed by atoms with E-state index in [1.165, 1.54) is 5.56 Å². The lowest BCUT2D eigenvalue weighted by atomic mass is 10.0. The second-order valence-corrected chi connectivity index (χ2v) is 6.32. The Morgan fingerprint density at radius 1 is 1.35 bits per heavy atom. The van der Waals surface area contributed by atoms with Crippen molar-refractivity contribution in [1.29, 1.82) is 0 Å². The van der Waals surface area contributed by atoms with Crippen molar-refractivity contribution in [2.75, 3.05) is 13.1 Å². The molecule has 0 unspecified atom stereocenters. The maximum absolute atomic E-state index is 11.9. The van der Waals surface area contributed by atoms with Crippen LogP contribution in [-0.2, 0) is 16.1 Å². The van der Waals surface area contributed by atoms with E-state index in [1.807, 2.05) is 24.5 Å². The second kappa shape index (κ2) is 8.62. The van der Waals surface area contributed by atoms with E-state index in [0.717, 1.165) is 32.5 Å². The molecule has 1 aliphatic heterocycles. The zero-order valence-corrected chi connectivity index (χ0v) is 13.7. The SMILES string of the molecule is C[C@@H](CCC(=O)NC1CCN(Cc2ccncc2)CC1)C(N)=O. The van der Waals surface area contributed by atoms with Crippen molar-refractivity contribution in [1.82, 2.24) is 15.2 Å². The van der Waals surface area contributed by atoms with E-state index in [0.29, 0.717) is 12.8 Å². The molecule has 1 saturated heterocycles. The Kier molecular flexibility index (Phi) is 6.52. The van der Waals surface area contributed by atoms with Gasteiger partial charge in [-0.1, -0.05) is 6.92 Å². The summed E-state index contributed by atoms with van der Waals surface area (Å²) in [5.41, 5.74) is 6.47. The standard InChI is InChI=1S/C17H26N4O2/c1-13(17(18)23)2-3-16(22)20-15-6-10-21(11-7-15)12-14-4-8-19-9-5-14/h4-5,8-9,13,15H,2-3,6-7,10-12H2,1H3,(H2,18,23)(H,20,22)/t13-/m0/s1. The average molecular weight is 318 g/mol. The molecular formula is C17H26N4O2. The lowest BCUT2D eigenvalue weighted by molar-refractivity contribution is -0.123. The first-order valence-electron chi connectivity index (χ1n) is 8.24. The molecule has 0 aromatic carbocycles. The minimum Gasteiger partial charge on any atom is -0.369 e. The van der Waals surface area contributed by atoms with Crippen LogP contribution in [0.5, 0.6) is 0 Å². The summed E-state index contributed by atoms with van der Waals surface area (Å²) in [5, 5.41) is 3.07. The van der Waals surface area contributed by atoms with Crippen molar-refractivity contribution in [2.24, 2.45) is 11.7 Å². The molecule has 1 atom stereocenters. The minimum atomic E-state index is -0.345. The van der Waals surface area contributed by atoms with Gasteiger partial charge in [0.05, 0.1) is 0 Å². The fraction of sp³-hybridized carbons (Fsp3) is 0.588. The summed E-state index contributed by atoms with van der Waals surface area (Å²) >= 11 is 0. The monoisotopic (exact) mass is 318 g/mol. The fourth-order valence-corrected chi connectivity index (χ4v) is 2.77. The van der Waals surface area contributed by atoms with Crippen molar-refractivity contribution < 1.29 is 9.59 Å². The first kappa shape index (κ1) is 17.4. The molecule has 0 aliphatic carbocycles. The van der Waals surface area contributed by atoms with E-state index in [1.54, 1.807) is 6.92 Å². The van der Waals surface area contributed by atoms with Gasteiger partial charge in [-0.05, 0) is 37.0 Å². The Labute approximate surface area is 137 Å². The number of hydrogen-bond donors (Lipinski definition) is 2. The van der Waals surface area contributed by atoms with Gasteiger partial charge in [-0.3, -0.25) is 19.5 Å². The highest BCUT2D eigenvalue weighted by molar-refractivity contribution is 5.79. The number of primary amides is 1. The highest BCUT2D eigenvalue weighted by Gasteiger charge is 2.21. The summed E-state index contributed by atoms with van der Waals surface area (Å²) in [5.74, 6) is -0.573. The number of nitrogens with two attached hydrogens (primary N) is 1. The van der Waals surface area contributed by atoms with Crippen molar-refractivity contribution in [3.05, 3.63) is 30.1 Å². The number of nitrogens with zero attached hydrogens (tertiary/aromatic N) is 2. The average Bonchev–Trinajstić information content (AvgIpc) is 2.55. The number of carbonyl (C=O) groups is 2. The molecule has 3 N–H and O–H groups in total. The Balaban J connectivity index is 1.66. The number of nitrogens with one attached hydrogen (secondary N) is 1. The van der Waals surface area contributed by atoms with Gasteiger partial charge in [-0.15, -0.1) is 0 Å². The van der Waals surface area contributed by atoms with E-state index in [4.69, 9.17) is 5.73 Å². The highest BCUT2D eigenvalue weighted by atomic mass is 16.2. The third kappa shape index (κ3) is 5.98. The normalized spacial score (nSPS) is 17.6. The molecule has 1 aliphatic rings. The molecule has 2 amide bonds. The molecule has 0 radical (unpaired) electrons. The molecule has 2 heterocycles. The van der Waals surface area contributed by atoms with Crippen LogP contribution in [0.1, 0.15) is 38.2 Å². The largest absolute Gasteiger partial charge is 0.369 e. The predicted octanol–water partition coefficient (Wildman–Crippen LogP) is 1.06. The molecule has 1 aromatic heterocycles. The first-order chi connectivity index (χ1) is 11.0. The molecule has 2 rings (SSSR count). The summed E-state index contributed by atoms with van der Waals surface area (Å²) in [4.78, 5) is 29.3. The topological polar surface area (TPSA) is 88.3 Å². The zero-order chi connectivity index (χ0) is 16.7. The lowest BCUT2D eigenvalue weighted by Gasteiger charge is -2.32. The summed E-state index contributed by atoms with van der Waals surface area (Å²) < 4.78 is 0. The van der Waals surface area contributed by atoms with Gasteiger partial charge in [0.15, 0.2) is 0 Å². The van der Waals surface area contributed by atoms with Crippen LogP contribution in [0, 0.1) is 5.92 Å². The van der Waals surface area contributed by atoms with Crippen LogP contribution >= 0.6 is 0 Å². The highest BCUT2D eigenvalue weighted by Crippen LogP contribution is 2.14. The van der Waals surface area contributed by atoms with Crippen molar-refractivity contribution >= 4 is 11.8 Å². The van der Waals surface area contributed by atoms with Gasteiger partial charge in [0, 0.05) is 50.4 Å². The molecule has 6 heteroatoms. The molecule has 23 heavy (non-hydrogen) atoms. The molecule has 1 aromatic rings. The van der Waals surface area contributed by atoms with Crippen LogP contribution in [0.2, 0.25) is 0 Å². The van der Waals surface area contributed by atoms with Crippen LogP contribution in [0.3, 0.4) is 0 Å². The van der Waals surface area contributed by atoms with Crippen LogP contribution in [-0.4, -0.2) is 40.8 Å². The van der Waals surface area contributed by atoms with E-state index in [2.05, 4.69) is 15.2 Å². The Morgan fingerprint density at radius 2 is 2.00 bits per heavy atom. The molecule has 126 valence electrons. The number of amides is 2. The number of likely N-dealkylation sites (tertiary alicyclic amines) is 1. The Hall–Kier alpha value is -1.95. The molecule has 0 saturated carbocycles. The molecular weight excluding hydrogens is 292 g/mol. The van der Waals surface area contributed by atoms with Crippen molar-refractivity contribution in [3.8, 4) is 0 Å². The maximum Gasteiger partial charge on any atom is 0.220 e. The smallest absolute Gasteiger partial charge is 0.220 e. The molecule has 0 bridgehead atoms. The number of rotatable bonds is 7. The molecule has 1 fully saturated rings.